The van der Waals surface area contributed by atoms with Gasteiger partial charge < -0.3 is 20.3 Å². The van der Waals surface area contributed by atoms with Crippen LogP contribution in [0, 0.1) is 17.1 Å². The van der Waals surface area contributed by atoms with Crippen LogP contribution in [0.25, 0.3) is 11.3 Å². The van der Waals surface area contributed by atoms with E-state index in [1.807, 2.05) is 12.1 Å². The third-order valence-corrected chi connectivity index (χ3v) is 5.41. The van der Waals surface area contributed by atoms with Gasteiger partial charge in [0.25, 0.3) is 0 Å². The highest BCUT2D eigenvalue weighted by molar-refractivity contribution is 6.33. The molecule has 2 aromatic carbocycles. The van der Waals surface area contributed by atoms with Crippen LogP contribution < -0.4 is 15.5 Å². The van der Waals surface area contributed by atoms with Gasteiger partial charge in [-0.25, -0.2) is 14.4 Å². The number of ether oxygens (including phenoxy) is 1. The van der Waals surface area contributed by atoms with E-state index in [0.717, 1.165) is 30.9 Å². The second-order valence-corrected chi connectivity index (χ2v) is 7.79. The van der Waals surface area contributed by atoms with Crippen LogP contribution in [0.1, 0.15) is 5.56 Å². The third-order valence-electron chi connectivity index (χ3n) is 5.09. The monoisotopic (exact) mass is 478 g/mol. The molecule has 3 aromatic rings. The average Bonchev–Trinajstić information content (AvgIpc) is 2.85. The first-order valence-corrected chi connectivity index (χ1v) is 10.8. The molecule has 10 heteroatoms. The summed E-state index contributed by atoms with van der Waals surface area (Å²) in [4.78, 5) is 22.4. The van der Waals surface area contributed by atoms with Gasteiger partial charge in [0.05, 0.1) is 41.4 Å². The second-order valence-electron chi connectivity index (χ2n) is 7.38. The molecule has 1 saturated heterocycles. The average molecular weight is 479 g/mol. The maximum Gasteiger partial charge on any atom is 0.247 e. The van der Waals surface area contributed by atoms with Gasteiger partial charge in [0.15, 0.2) is 0 Å². The fourth-order valence-corrected chi connectivity index (χ4v) is 3.74. The number of benzene rings is 2. The van der Waals surface area contributed by atoms with Crippen molar-refractivity contribution < 1.29 is 13.9 Å². The van der Waals surface area contributed by atoms with E-state index in [-0.39, 0.29) is 22.9 Å². The van der Waals surface area contributed by atoms with Crippen molar-refractivity contribution in [3.8, 4) is 17.3 Å². The number of nitrogens with zero attached hydrogens (tertiary/aromatic N) is 4. The number of rotatable bonds is 6. The molecule has 0 spiro atoms. The highest BCUT2D eigenvalue weighted by Gasteiger charge is 2.16. The zero-order valence-corrected chi connectivity index (χ0v) is 18.8. The van der Waals surface area contributed by atoms with Crippen molar-refractivity contribution in [2.45, 2.75) is 0 Å². The summed E-state index contributed by atoms with van der Waals surface area (Å²) < 4.78 is 19.7. The van der Waals surface area contributed by atoms with Crippen LogP contribution in [0.3, 0.4) is 0 Å². The predicted octanol–water partition coefficient (Wildman–Crippen LogP) is 4.51. The molecule has 2 N–H and O–H groups in total. The van der Waals surface area contributed by atoms with Crippen molar-refractivity contribution in [3.63, 3.8) is 0 Å². The standard InChI is InChI=1S/C24H20ClFN6O2/c1-2-22(33)29-19-10-15(9-17(26)11-19)23-16(13-27)14-28-24(31-23)30-18-3-4-20(25)21(12-18)32-5-7-34-8-6-32/h2-4,9-12,14H,1,5-8H2,(H,29,33)(H,28,30,31). The molecule has 172 valence electrons. The fraction of sp³-hybridized carbons (Fsp3) is 0.167. The molecule has 34 heavy (non-hydrogen) atoms. The van der Waals surface area contributed by atoms with Gasteiger partial charge in [0, 0.05) is 30.0 Å². The molecule has 1 fully saturated rings. The van der Waals surface area contributed by atoms with Crippen molar-refractivity contribution in [3.05, 3.63) is 71.7 Å². The zero-order chi connectivity index (χ0) is 24.1. The van der Waals surface area contributed by atoms with Gasteiger partial charge >= 0.3 is 0 Å². The molecule has 0 aliphatic carbocycles. The molecule has 8 nitrogen and oxygen atoms in total. The summed E-state index contributed by atoms with van der Waals surface area (Å²) in [5.41, 5.74) is 2.45. The van der Waals surface area contributed by atoms with Crippen molar-refractivity contribution in [1.82, 2.24) is 9.97 Å². The lowest BCUT2D eigenvalue weighted by molar-refractivity contribution is -0.111. The maximum absolute atomic E-state index is 14.3. The van der Waals surface area contributed by atoms with Crippen LogP contribution in [0.5, 0.6) is 0 Å². The third kappa shape index (κ3) is 5.31. The Morgan fingerprint density at radius 2 is 2.03 bits per heavy atom. The topological polar surface area (TPSA) is 103 Å². The number of aromatic nitrogens is 2. The highest BCUT2D eigenvalue weighted by atomic mass is 35.5. The van der Waals surface area contributed by atoms with E-state index in [2.05, 4.69) is 32.1 Å². The molecule has 1 aliphatic rings. The van der Waals surface area contributed by atoms with E-state index in [9.17, 15) is 14.4 Å². The lowest BCUT2D eigenvalue weighted by atomic mass is 10.1. The van der Waals surface area contributed by atoms with Gasteiger partial charge in [0.1, 0.15) is 11.9 Å². The number of carbonyl (C=O) groups excluding carboxylic acids is 1. The number of halogens is 2. The molecule has 1 amide bonds. The summed E-state index contributed by atoms with van der Waals surface area (Å²) in [5, 5.41) is 15.8. The molecule has 2 heterocycles. The van der Waals surface area contributed by atoms with E-state index in [1.54, 1.807) is 12.1 Å². The van der Waals surface area contributed by atoms with E-state index < -0.39 is 11.7 Å². The fourth-order valence-electron chi connectivity index (χ4n) is 3.50. The maximum atomic E-state index is 14.3. The molecule has 1 aromatic heterocycles. The van der Waals surface area contributed by atoms with Crippen molar-refractivity contribution in [2.24, 2.45) is 0 Å². The number of morpholine rings is 1. The van der Waals surface area contributed by atoms with Crippen LogP contribution >= 0.6 is 11.6 Å². The zero-order valence-electron chi connectivity index (χ0n) is 18.0. The normalized spacial score (nSPS) is 13.1. The largest absolute Gasteiger partial charge is 0.378 e. The molecule has 1 aliphatic heterocycles. The molecule has 0 bridgehead atoms. The number of anilines is 4. The summed E-state index contributed by atoms with van der Waals surface area (Å²) in [6, 6.07) is 11.4. The molecule has 4 rings (SSSR count). The summed E-state index contributed by atoms with van der Waals surface area (Å²) in [6.07, 6.45) is 2.44. The number of nitrogens with one attached hydrogen (secondary N) is 2. The SMILES string of the molecule is C=CC(=O)Nc1cc(F)cc(-c2nc(Nc3ccc(Cl)c(N4CCOCC4)c3)ncc2C#N)c1. The Morgan fingerprint density at radius 1 is 1.24 bits per heavy atom. The first kappa shape index (κ1) is 23.2. The molecule has 0 saturated carbocycles. The summed E-state index contributed by atoms with van der Waals surface area (Å²) in [6.45, 7) is 6.09. The van der Waals surface area contributed by atoms with E-state index in [1.165, 1.54) is 18.3 Å². The molecule has 0 radical (unpaired) electrons. The number of hydrogen-bond donors (Lipinski definition) is 2. The Bertz CT molecular complexity index is 1290. The Labute approximate surface area is 200 Å². The van der Waals surface area contributed by atoms with Gasteiger partial charge in [-0.1, -0.05) is 18.2 Å². The second kappa shape index (κ2) is 10.3. The van der Waals surface area contributed by atoms with E-state index in [0.29, 0.717) is 29.5 Å². The highest BCUT2D eigenvalue weighted by Crippen LogP contribution is 2.31. The van der Waals surface area contributed by atoms with Crippen LogP contribution in [-0.4, -0.2) is 42.2 Å². The minimum atomic E-state index is -0.596. The summed E-state index contributed by atoms with van der Waals surface area (Å²) >= 11 is 6.40. The van der Waals surface area contributed by atoms with Gasteiger partial charge in [-0.15, -0.1) is 0 Å². The van der Waals surface area contributed by atoms with E-state index in [4.69, 9.17) is 16.3 Å². The summed E-state index contributed by atoms with van der Waals surface area (Å²) in [7, 11) is 0. The molecular weight excluding hydrogens is 459 g/mol. The van der Waals surface area contributed by atoms with Crippen molar-refractivity contribution >= 4 is 40.5 Å². The molecule has 0 atom stereocenters. The molecular formula is C24H20ClFN6O2. The van der Waals surface area contributed by atoms with Gasteiger partial charge in [0.2, 0.25) is 11.9 Å². The van der Waals surface area contributed by atoms with Crippen LogP contribution in [-0.2, 0) is 9.53 Å². The Kier molecular flexibility index (Phi) is 7.01. The number of hydrogen-bond acceptors (Lipinski definition) is 7. The minimum absolute atomic E-state index is 0.155. The molecule has 0 unspecified atom stereocenters. The van der Waals surface area contributed by atoms with Crippen LogP contribution in [0.2, 0.25) is 5.02 Å². The van der Waals surface area contributed by atoms with Crippen LogP contribution in [0.4, 0.5) is 27.4 Å². The minimum Gasteiger partial charge on any atom is -0.378 e. The lowest BCUT2D eigenvalue weighted by Crippen LogP contribution is -2.36. The lowest BCUT2D eigenvalue weighted by Gasteiger charge is -2.29. The Hall–Kier alpha value is -4.00. The van der Waals surface area contributed by atoms with Crippen molar-refractivity contribution in [2.75, 3.05) is 41.8 Å². The first-order chi connectivity index (χ1) is 16.5. The Balaban J connectivity index is 1.66. The predicted molar refractivity (Wildman–Crippen MR) is 129 cm³/mol. The number of nitriles is 1. The summed E-state index contributed by atoms with van der Waals surface area (Å²) in [5.74, 6) is -0.868. The van der Waals surface area contributed by atoms with Crippen molar-refractivity contribution in [1.29, 1.82) is 5.26 Å². The number of amides is 1. The quantitative estimate of drug-likeness (QED) is 0.502. The first-order valence-electron chi connectivity index (χ1n) is 10.4. The van der Waals surface area contributed by atoms with Gasteiger partial charge in [-0.3, -0.25) is 4.79 Å². The Morgan fingerprint density at radius 3 is 2.76 bits per heavy atom. The van der Waals surface area contributed by atoms with Gasteiger partial charge in [-0.2, -0.15) is 5.26 Å². The number of carbonyl (C=O) groups is 1. The van der Waals surface area contributed by atoms with Crippen LogP contribution in [0.15, 0.2) is 55.3 Å². The van der Waals surface area contributed by atoms with E-state index >= 15 is 0 Å². The smallest absolute Gasteiger partial charge is 0.247 e. The van der Waals surface area contributed by atoms with Gasteiger partial charge in [-0.05, 0) is 42.5 Å².